The highest BCUT2D eigenvalue weighted by Crippen LogP contribution is 2.22. The van der Waals surface area contributed by atoms with E-state index in [1.807, 2.05) is 24.3 Å². The van der Waals surface area contributed by atoms with Gasteiger partial charge in [0.1, 0.15) is 5.75 Å². The molecule has 0 aliphatic carbocycles. The summed E-state index contributed by atoms with van der Waals surface area (Å²) in [7, 11) is 1.59. The molecule has 0 heterocycles. The van der Waals surface area contributed by atoms with Crippen LogP contribution >= 0.6 is 15.9 Å². The molecule has 1 amide bonds. The molecule has 0 unspecified atom stereocenters. The molecular weight excluding hydrogens is 294 g/mol. The summed E-state index contributed by atoms with van der Waals surface area (Å²) in [6.07, 6.45) is 0. The van der Waals surface area contributed by atoms with E-state index in [4.69, 9.17) is 4.74 Å². The largest absolute Gasteiger partial charge is 0.497 e. The molecule has 2 aromatic carbocycles. The fourth-order valence-electron chi connectivity index (χ4n) is 1.50. The van der Waals surface area contributed by atoms with Crippen molar-refractivity contribution >= 4 is 27.5 Å². The normalized spacial score (nSPS) is 9.89. The number of rotatable bonds is 3. The van der Waals surface area contributed by atoms with Crippen LogP contribution < -0.4 is 10.1 Å². The first-order valence-corrected chi connectivity index (χ1v) is 6.20. The van der Waals surface area contributed by atoms with Crippen LogP contribution in [-0.2, 0) is 0 Å². The average molecular weight is 306 g/mol. The molecule has 0 spiro atoms. The molecule has 0 saturated carbocycles. The van der Waals surface area contributed by atoms with Gasteiger partial charge in [-0.2, -0.15) is 0 Å². The van der Waals surface area contributed by atoms with E-state index in [1.165, 1.54) is 0 Å². The third-order valence-electron chi connectivity index (χ3n) is 2.47. The van der Waals surface area contributed by atoms with Gasteiger partial charge in [-0.1, -0.05) is 12.1 Å². The third kappa shape index (κ3) is 2.90. The molecule has 0 aliphatic heterocycles. The molecule has 1 N–H and O–H groups in total. The van der Waals surface area contributed by atoms with Crippen LogP contribution in [0, 0.1) is 0 Å². The summed E-state index contributed by atoms with van der Waals surface area (Å²) in [5, 5.41) is 2.84. The fourth-order valence-corrected chi connectivity index (χ4v) is 1.88. The number of carbonyl (C=O) groups is 1. The highest BCUT2D eigenvalue weighted by Gasteiger charge is 2.07. The molecule has 0 fully saturated rings. The van der Waals surface area contributed by atoms with Crippen LogP contribution in [-0.4, -0.2) is 13.0 Å². The smallest absolute Gasteiger partial charge is 0.255 e. The average Bonchev–Trinajstić information content (AvgIpc) is 2.41. The van der Waals surface area contributed by atoms with Crippen molar-refractivity contribution in [2.45, 2.75) is 0 Å². The second-order valence-electron chi connectivity index (χ2n) is 3.66. The topological polar surface area (TPSA) is 38.3 Å². The Kier molecular flexibility index (Phi) is 3.99. The zero-order chi connectivity index (χ0) is 13.0. The lowest BCUT2D eigenvalue weighted by atomic mass is 10.2. The zero-order valence-corrected chi connectivity index (χ0v) is 11.4. The zero-order valence-electron chi connectivity index (χ0n) is 9.81. The first-order chi connectivity index (χ1) is 8.70. The van der Waals surface area contributed by atoms with Crippen LogP contribution in [0.4, 0.5) is 5.69 Å². The molecule has 0 bridgehead atoms. The Hall–Kier alpha value is -1.81. The van der Waals surface area contributed by atoms with Gasteiger partial charge in [-0.25, -0.2) is 0 Å². The van der Waals surface area contributed by atoms with Crippen molar-refractivity contribution in [3.05, 3.63) is 58.6 Å². The van der Waals surface area contributed by atoms with Crippen LogP contribution in [0.2, 0.25) is 0 Å². The monoisotopic (exact) mass is 305 g/mol. The Morgan fingerprint density at radius 1 is 1.11 bits per heavy atom. The van der Waals surface area contributed by atoms with Crippen molar-refractivity contribution in [1.29, 1.82) is 0 Å². The summed E-state index contributed by atoms with van der Waals surface area (Å²) in [6, 6.07) is 14.5. The Labute approximate surface area is 114 Å². The van der Waals surface area contributed by atoms with Crippen LogP contribution in [0.15, 0.2) is 53.0 Å². The van der Waals surface area contributed by atoms with Gasteiger partial charge in [0.2, 0.25) is 0 Å². The maximum absolute atomic E-state index is 12.0. The van der Waals surface area contributed by atoms with E-state index >= 15 is 0 Å². The fraction of sp³-hybridized carbons (Fsp3) is 0.0714. The molecule has 0 aliphatic rings. The molecule has 2 aromatic rings. The number of ether oxygens (including phenoxy) is 1. The quantitative estimate of drug-likeness (QED) is 0.939. The van der Waals surface area contributed by atoms with Gasteiger partial charge < -0.3 is 10.1 Å². The first-order valence-electron chi connectivity index (χ1n) is 5.40. The number of nitrogens with one attached hydrogen (secondary N) is 1. The number of carbonyl (C=O) groups excluding carboxylic acids is 1. The number of methoxy groups -OCH3 is 1. The van der Waals surface area contributed by atoms with Gasteiger partial charge in [-0.3, -0.25) is 4.79 Å². The molecule has 18 heavy (non-hydrogen) atoms. The number of anilines is 1. The van der Waals surface area contributed by atoms with Crippen molar-refractivity contribution in [3.8, 4) is 5.75 Å². The lowest BCUT2D eigenvalue weighted by Crippen LogP contribution is -2.12. The molecule has 3 nitrogen and oxygen atoms in total. The predicted molar refractivity (Wildman–Crippen MR) is 75.1 cm³/mol. The minimum absolute atomic E-state index is 0.149. The minimum atomic E-state index is -0.149. The number of hydrogen-bond donors (Lipinski definition) is 1. The van der Waals surface area contributed by atoms with Gasteiger partial charge in [0, 0.05) is 10.0 Å². The van der Waals surface area contributed by atoms with Crippen LogP contribution in [0.25, 0.3) is 0 Å². The van der Waals surface area contributed by atoms with Crippen LogP contribution in [0.5, 0.6) is 5.75 Å². The van der Waals surface area contributed by atoms with E-state index in [-0.39, 0.29) is 5.91 Å². The molecule has 0 atom stereocenters. The van der Waals surface area contributed by atoms with Crippen molar-refractivity contribution in [2.75, 3.05) is 12.4 Å². The van der Waals surface area contributed by atoms with E-state index in [9.17, 15) is 4.79 Å². The SMILES string of the molecule is COc1ccc(C(=O)Nc2ccccc2Br)cc1. The maximum Gasteiger partial charge on any atom is 0.255 e. The van der Waals surface area contributed by atoms with E-state index < -0.39 is 0 Å². The van der Waals surface area contributed by atoms with Gasteiger partial charge >= 0.3 is 0 Å². The van der Waals surface area contributed by atoms with E-state index in [2.05, 4.69) is 21.2 Å². The van der Waals surface area contributed by atoms with Gasteiger partial charge in [-0.05, 0) is 52.3 Å². The molecule has 0 saturated heterocycles. The summed E-state index contributed by atoms with van der Waals surface area (Å²) in [5.74, 6) is 0.581. The van der Waals surface area contributed by atoms with Crippen molar-refractivity contribution in [3.63, 3.8) is 0 Å². The molecular formula is C14H12BrNO2. The molecule has 0 aromatic heterocycles. The Morgan fingerprint density at radius 2 is 1.78 bits per heavy atom. The van der Waals surface area contributed by atoms with Gasteiger partial charge in [-0.15, -0.1) is 0 Å². The summed E-state index contributed by atoms with van der Waals surface area (Å²) in [5.41, 5.74) is 1.34. The highest BCUT2D eigenvalue weighted by atomic mass is 79.9. The lowest BCUT2D eigenvalue weighted by Gasteiger charge is -2.07. The number of benzene rings is 2. The van der Waals surface area contributed by atoms with Gasteiger partial charge in [0.15, 0.2) is 0 Å². The number of para-hydroxylation sites is 1. The molecule has 2 rings (SSSR count). The summed E-state index contributed by atoms with van der Waals surface area (Å²) >= 11 is 3.39. The van der Waals surface area contributed by atoms with Gasteiger partial charge in [0.25, 0.3) is 5.91 Å². The Bertz CT molecular complexity index is 552. The van der Waals surface area contributed by atoms with Crippen molar-refractivity contribution < 1.29 is 9.53 Å². The molecule has 92 valence electrons. The van der Waals surface area contributed by atoms with Crippen molar-refractivity contribution in [2.24, 2.45) is 0 Å². The summed E-state index contributed by atoms with van der Waals surface area (Å²) < 4.78 is 5.90. The van der Waals surface area contributed by atoms with E-state index in [1.54, 1.807) is 31.4 Å². The lowest BCUT2D eigenvalue weighted by molar-refractivity contribution is 0.102. The molecule has 0 radical (unpaired) electrons. The van der Waals surface area contributed by atoms with Crippen molar-refractivity contribution in [1.82, 2.24) is 0 Å². The summed E-state index contributed by atoms with van der Waals surface area (Å²) in [4.78, 5) is 12.0. The second-order valence-corrected chi connectivity index (χ2v) is 4.52. The van der Waals surface area contributed by atoms with Gasteiger partial charge in [0.05, 0.1) is 12.8 Å². The second kappa shape index (κ2) is 5.69. The Balaban J connectivity index is 2.14. The number of halogens is 1. The van der Waals surface area contributed by atoms with Crippen LogP contribution in [0.3, 0.4) is 0 Å². The maximum atomic E-state index is 12.0. The van der Waals surface area contributed by atoms with E-state index in [0.29, 0.717) is 5.56 Å². The predicted octanol–water partition coefficient (Wildman–Crippen LogP) is 3.71. The number of amides is 1. The number of hydrogen-bond acceptors (Lipinski definition) is 2. The molecule has 4 heteroatoms. The highest BCUT2D eigenvalue weighted by molar-refractivity contribution is 9.10. The van der Waals surface area contributed by atoms with E-state index in [0.717, 1.165) is 15.9 Å². The first kappa shape index (κ1) is 12.6. The van der Waals surface area contributed by atoms with Crippen LogP contribution in [0.1, 0.15) is 10.4 Å². The third-order valence-corrected chi connectivity index (χ3v) is 3.17. The Morgan fingerprint density at radius 3 is 2.39 bits per heavy atom. The standard InChI is InChI=1S/C14H12BrNO2/c1-18-11-8-6-10(7-9-11)14(17)16-13-5-3-2-4-12(13)15/h2-9H,1H3,(H,16,17). The summed E-state index contributed by atoms with van der Waals surface area (Å²) in [6.45, 7) is 0. The minimum Gasteiger partial charge on any atom is -0.497 e.